The van der Waals surface area contributed by atoms with E-state index in [2.05, 4.69) is 4.98 Å². The maximum absolute atomic E-state index is 11.8. The minimum atomic E-state index is -0.0395. The zero-order valence-corrected chi connectivity index (χ0v) is 7.53. The molecule has 0 atom stereocenters. The average Bonchev–Trinajstić information content (AvgIpc) is 2.69. The van der Waals surface area contributed by atoms with Gasteiger partial charge in [0.2, 0.25) is 5.78 Å². The fraction of sp³-hybridized carbons (Fsp3) is 0. The topological polar surface area (TPSA) is 58.9 Å². The molecule has 0 amide bonds. The lowest BCUT2D eigenvalue weighted by Crippen LogP contribution is -2.01. The summed E-state index contributed by atoms with van der Waals surface area (Å²) >= 11 is 0. The van der Waals surface area contributed by atoms with Gasteiger partial charge in [-0.1, -0.05) is 12.1 Å². The third-order valence-corrected chi connectivity index (χ3v) is 1.99. The Labute approximate surface area is 81.6 Å². The molecule has 2 rings (SSSR count). The molecule has 2 aromatic rings. The molecule has 0 aliphatic rings. The van der Waals surface area contributed by atoms with Gasteiger partial charge >= 0.3 is 0 Å². The summed E-state index contributed by atoms with van der Waals surface area (Å²) in [4.78, 5) is 14.6. The van der Waals surface area contributed by atoms with Gasteiger partial charge in [0.25, 0.3) is 0 Å². The first-order valence-corrected chi connectivity index (χ1v) is 4.31. The molecular weight excluding hydrogens is 176 g/mol. The second-order valence-corrected chi connectivity index (χ2v) is 3.04. The summed E-state index contributed by atoms with van der Waals surface area (Å²) in [5.74, 6) is -0.0395. The molecule has 0 saturated heterocycles. The maximum atomic E-state index is 11.8. The molecule has 0 radical (unpaired) electrons. The molecule has 70 valence electrons. The number of anilines is 1. The zero-order chi connectivity index (χ0) is 9.97. The molecule has 1 heterocycles. The Kier molecular flexibility index (Phi) is 2.07. The maximum Gasteiger partial charge on any atom is 0.209 e. The number of aromatic amines is 1. The molecule has 3 heteroatoms. The van der Waals surface area contributed by atoms with E-state index in [1.165, 1.54) is 0 Å². The fourth-order valence-electron chi connectivity index (χ4n) is 1.31. The Hall–Kier alpha value is -2.03. The Balaban J connectivity index is 2.37. The van der Waals surface area contributed by atoms with Crippen molar-refractivity contribution in [1.82, 2.24) is 4.98 Å². The van der Waals surface area contributed by atoms with Crippen LogP contribution >= 0.6 is 0 Å². The van der Waals surface area contributed by atoms with Crippen LogP contribution in [0.15, 0.2) is 42.6 Å². The normalized spacial score (nSPS) is 10.0. The summed E-state index contributed by atoms with van der Waals surface area (Å²) in [5.41, 5.74) is 7.37. The number of nitrogens with one attached hydrogen (secondary N) is 1. The Morgan fingerprint density at radius 3 is 2.71 bits per heavy atom. The van der Waals surface area contributed by atoms with E-state index in [1.54, 1.807) is 42.6 Å². The molecule has 1 aromatic carbocycles. The fourth-order valence-corrected chi connectivity index (χ4v) is 1.31. The summed E-state index contributed by atoms with van der Waals surface area (Å²) in [6.45, 7) is 0. The zero-order valence-electron chi connectivity index (χ0n) is 7.53. The molecule has 3 N–H and O–H groups in total. The van der Waals surface area contributed by atoms with Gasteiger partial charge in [-0.2, -0.15) is 0 Å². The third-order valence-electron chi connectivity index (χ3n) is 1.99. The number of carbonyl (C=O) groups excluding carboxylic acids is 1. The molecule has 0 bridgehead atoms. The number of nitrogens with two attached hydrogens (primary N) is 1. The van der Waals surface area contributed by atoms with Crippen LogP contribution in [0.4, 0.5) is 5.69 Å². The van der Waals surface area contributed by atoms with Crippen LogP contribution in [0, 0.1) is 0 Å². The number of aromatic nitrogens is 1. The molecule has 0 unspecified atom stereocenters. The highest BCUT2D eigenvalue weighted by atomic mass is 16.1. The molecule has 0 saturated carbocycles. The van der Waals surface area contributed by atoms with Crippen LogP contribution < -0.4 is 5.73 Å². The number of hydrogen-bond acceptors (Lipinski definition) is 2. The number of H-pyrrole nitrogens is 1. The van der Waals surface area contributed by atoms with Gasteiger partial charge in [-0.15, -0.1) is 0 Å². The quantitative estimate of drug-likeness (QED) is 0.555. The summed E-state index contributed by atoms with van der Waals surface area (Å²) in [7, 11) is 0. The number of benzene rings is 1. The van der Waals surface area contributed by atoms with Gasteiger partial charge in [0, 0.05) is 17.4 Å². The molecule has 0 spiro atoms. The largest absolute Gasteiger partial charge is 0.399 e. The van der Waals surface area contributed by atoms with Gasteiger partial charge < -0.3 is 10.7 Å². The van der Waals surface area contributed by atoms with Crippen molar-refractivity contribution in [2.75, 3.05) is 5.73 Å². The van der Waals surface area contributed by atoms with E-state index < -0.39 is 0 Å². The van der Waals surface area contributed by atoms with E-state index in [0.29, 0.717) is 16.9 Å². The molecular formula is C11H10N2O. The van der Waals surface area contributed by atoms with Crippen LogP contribution in [0.25, 0.3) is 0 Å². The van der Waals surface area contributed by atoms with E-state index in [1.807, 2.05) is 0 Å². The van der Waals surface area contributed by atoms with E-state index in [0.717, 1.165) is 0 Å². The Morgan fingerprint density at radius 1 is 1.21 bits per heavy atom. The average molecular weight is 186 g/mol. The third kappa shape index (κ3) is 1.52. The van der Waals surface area contributed by atoms with Crippen LogP contribution in [0.3, 0.4) is 0 Å². The Morgan fingerprint density at radius 2 is 2.07 bits per heavy atom. The first-order valence-electron chi connectivity index (χ1n) is 4.31. The van der Waals surface area contributed by atoms with Crippen molar-refractivity contribution in [2.24, 2.45) is 0 Å². The predicted molar refractivity (Wildman–Crippen MR) is 55.1 cm³/mol. The van der Waals surface area contributed by atoms with Crippen molar-refractivity contribution in [3.8, 4) is 0 Å². The van der Waals surface area contributed by atoms with Crippen LogP contribution in [-0.4, -0.2) is 10.8 Å². The van der Waals surface area contributed by atoms with Crippen LogP contribution in [0.5, 0.6) is 0 Å². The number of nitrogen functional groups attached to an aromatic ring is 1. The van der Waals surface area contributed by atoms with Crippen molar-refractivity contribution in [1.29, 1.82) is 0 Å². The van der Waals surface area contributed by atoms with Gasteiger partial charge in [0.1, 0.15) is 0 Å². The smallest absolute Gasteiger partial charge is 0.209 e. The highest BCUT2D eigenvalue weighted by Gasteiger charge is 2.08. The number of ketones is 1. The summed E-state index contributed by atoms with van der Waals surface area (Å²) in [6.07, 6.45) is 1.72. The van der Waals surface area contributed by atoms with E-state index in [-0.39, 0.29) is 5.78 Å². The summed E-state index contributed by atoms with van der Waals surface area (Å²) < 4.78 is 0. The lowest BCUT2D eigenvalue weighted by atomic mass is 10.1. The molecule has 0 fully saturated rings. The van der Waals surface area contributed by atoms with Crippen molar-refractivity contribution in [2.45, 2.75) is 0 Å². The lowest BCUT2D eigenvalue weighted by Gasteiger charge is -1.99. The van der Waals surface area contributed by atoms with Gasteiger partial charge in [-0.05, 0) is 24.3 Å². The highest BCUT2D eigenvalue weighted by Crippen LogP contribution is 2.11. The van der Waals surface area contributed by atoms with Crippen molar-refractivity contribution >= 4 is 11.5 Å². The summed E-state index contributed by atoms with van der Waals surface area (Å²) in [5, 5.41) is 0. The molecule has 0 aliphatic heterocycles. The van der Waals surface area contributed by atoms with E-state index in [4.69, 9.17) is 5.73 Å². The van der Waals surface area contributed by atoms with Gasteiger partial charge in [-0.3, -0.25) is 4.79 Å². The summed E-state index contributed by atoms with van der Waals surface area (Å²) in [6, 6.07) is 10.5. The van der Waals surface area contributed by atoms with Crippen molar-refractivity contribution in [3.63, 3.8) is 0 Å². The van der Waals surface area contributed by atoms with Crippen LogP contribution in [0.2, 0.25) is 0 Å². The molecule has 3 nitrogen and oxygen atoms in total. The first kappa shape index (κ1) is 8.56. The standard InChI is InChI=1S/C11H10N2O/c12-9-4-1-3-8(7-9)11(14)10-5-2-6-13-10/h1-7,13H,12H2. The molecule has 0 aliphatic carbocycles. The van der Waals surface area contributed by atoms with Gasteiger partial charge in [0.15, 0.2) is 0 Å². The number of hydrogen-bond donors (Lipinski definition) is 2. The highest BCUT2D eigenvalue weighted by molar-refractivity contribution is 6.08. The number of rotatable bonds is 2. The predicted octanol–water partition coefficient (Wildman–Crippen LogP) is 1.83. The minimum Gasteiger partial charge on any atom is -0.399 e. The van der Waals surface area contributed by atoms with E-state index in [9.17, 15) is 4.79 Å². The first-order chi connectivity index (χ1) is 6.77. The SMILES string of the molecule is Nc1cccc(C(=O)c2ccc[nH]2)c1. The van der Waals surface area contributed by atoms with Crippen LogP contribution in [-0.2, 0) is 0 Å². The minimum absolute atomic E-state index is 0.0395. The Bertz CT molecular complexity index is 446. The van der Waals surface area contributed by atoms with Gasteiger partial charge in [0.05, 0.1) is 5.69 Å². The molecule has 1 aromatic heterocycles. The van der Waals surface area contributed by atoms with Crippen molar-refractivity contribution < 1.29 is 4.79 Å². The number of carbonyl (C=O) groups is 1. The van der Waals surface area contributed by atoms with Crippen molar-refractivity contribution in [3.05, 3.63) is 53.9 Å². The van der Waals surface area contributed by atoms with Crippen LogP contribution in [0.1, 0.15) is 16.1 Å². The van der Waals surface area contributed by atoms with E-state index >= 15 is 0 Å². The molecule has 14 heavy (non-hydrogen) atoms. The lowest BCUT2D eigenvalue weighted by molar-refractivity contribution is 0.103. The van der Waals surface area contributed by atoms with Gasteiger partial charge in [-0.25, -0.2) is 0 Å². The monoisotopic (exact) mass is 186 g/mol. The second-order valence-electron chi connectivity index (χ2n) is 3.04. The second kappa shape index (κ2) is 3.38.